The third-order valence-corrected chi connectivity index (χ3v) is 11.2. The van der Waals surface area contributed by atoms with E-state index in [1.165, 1.54) is 27.5 Å². The number of hydrogen-bond donors (Lipinski definition) is 0. The van der Waals surface area contributed by atoms with E-state index in [1.54, 1.807) is 0 Å². The molecule has 4 heteroatoms. The van der Waals surface area contributed by atoms with E-state index in [0.29, 0.717) is 5.92 Å². The molecule has 0 saturated carbocycles. The number of benzene rings is 5. The largest absolute Gasteiger partial charge is 0.455 e. The van der Waals surface area contributed by atoms with E-state index >= 15 is 0 Å². The molecule has 0 bridgehead atoms. The third-order valence-electron chi connectivity index (χ3n) is 11.2. The van der Waals surface area contributed by atoms with Crippen molar-refractivity contribution in [2.24, 2.45) is 5.92 Å². The second kappa shape index (κ2) is 14.5. The fraction of sp³-hybridized carbons (Fsp3) is 0.135. The van der Waals surface area contributed by atoms with Crippen LogP contribution < -0.4 is 0 Å². The lowest BCUT2D eigenvalue weighted by Crippen LogP contribution is -2.12. The molecular weight excluding hydrogens is 683 g/mol. The van der Waals surface area contributed by atoms with Gasteiger partial charge in [0.05, 0.1) is 0 Å². The molecular formula is C52H41N3O. The van der Waals surface area contributed by atoms with Gasteiger partial charge in [-0.15, -0.1) is 0 Å². The van der Waals surface area contributed by atoms with E-state index in [4.69, 9.17) is 19.4 Å². The zero-order valence-corrected chi connectivity index (χ0v) is 31.4. The zero-order chi connectivity index (χ0) is 37.4. The molecule has 10 rings (SSSR count). The van der Waals surface area contributed by atoms with E-state index in [2.05, 4.69) is 177 Å². The minimum absolute atomic E-state index is 0.0906. The summed E-state index contributed by atoms with van der Waals surface area (Å²) in [4.78, 5) is 15.6. The highest BCUT2D eigenvalue weighted by Gasteiger charge is 2.25. The van der Waals surface area contributed by atoms with Gasteiger partial charge in [0.2, 0.25) is 0 Å². The van der Waals surface area contributed by atoms with Gasteiger partial charge in [0.25, 0.3) is 0 Å². The molecule has 7 aromatic rings. The van der Waals surface area contributed by atoms with Crippen molar-refractivity contribution in [3.8, 4) is 33.6 Å². The number of aromatic nitrogens is 3. The van der Waals surface area contributed by atoms with Crippen molar-refractivity contribution >= 4 is 44.4 Å². The highest BCUT2D eigenvalue weighted by molar-refractivity contribution is 6.16. The predicted molar refractivity (Wildman–Crippen MR) is 233 cm³/mol. The van der Waals surface area contributed by atoms with E-state index in [9.17, 15) is 0 Å². The Labute approximate surface area is 327 Å². The summed E-state index contributed by atoms with van der Waals surface area (Å²) in [6.45, 7) is 2.29. The Morgan fingerprint density at radius 3 is 2.36 bits per heavy atom. The number of rotatable bonds is 5. The maximum atomic E-state index is 6.77. The Kier molecular flexibility index (Phi) is 8.80. The van der Waals surface area contributed by atoms with Gasteiger partial charge in [0, 0.05) is 33.4 Å². The monoisotopic (exact) mass is 723 g/mol. The number of furan rings is 1. The van der Waals surface area contributed by atoms with Gasteiger partial charge in [-0.1, -0.05) is 165 Å². The molecule has 3 aliphatic rings. The van der Waals surface area contributed by atoms with Gasteiger partial charge < -0.3 is 4.42 Å². The maximum Gasteiger partial charge on any atom is 0.164 e. The van der Waals surface area contributed by atoms with Crippen LogP contribution in [-0.4, -0.2) is 15.0 Å². The van der Waals surface area contributed by atoms with Crippen molar-refractivity contribution in [3.05, 3.63) is 187 Å². The molecule has 0 aliphatic heterocycles. The lowest BCUT2D eigenvalue weighted by atomic mass is 9.82. The summed E-state index contributed by atoms with van der Waals surface area (Å²) < 4.78 is 6.77. The molecule has 270 valence electrons. The van der Waals surface area contributed by atoms with Crippen LogP contribution >= 0.6 is 0 Å². The first-order valence-electron chi connectivity index (χ1n) is 19.7. The van der Waals surface area contributed by atoms with Crippen LogP contribution in [0.4, 0.5) is 0 Å². The number of allylic oxidation sites excluding steroid dienone is 13. The van der Waals surface area contributed by atoms with Gasteiger partial charge >= 0.3 is 0 Å². The van der Waals surface area contributed by atoms with Crippen molar-refractivity contribution in [2.75, 3.05) is 0 Å². The van der Waals surface area contributed by atoms with Gasteiger partial charge in [0.15, 0.2) is 11.6 Å². The SMILES string of the molecule is CC1C=Cc2c(-c3cccc4oc5c(-c6ccc7ccccc7c6)cccc5c34)ccc(-c3nc(C4=CC/C=C\C=C/CC=C4)nc(C4C=CC=CC4)n3)c2C1. The molecule has 0 saturated heterocycles. The van der Waals surface area contributed by atoms with Gasteiger partial charge in [-0.25, -0.2) is 15.0 Å². The molecule has 56 heavy (non-hydrogen) atoms. The van der Waals surface area contributed by atoms with Gasteiger partial charge in [-0.2, -0.15) is 0 Å². The second-order valence-electron chi connectivity index (χ2n) is 15.0. The summed E-state index contributed by atoms with van der Waals surface area (Å²) in [5, 5.41) is 4.70. The van der Waals surface area contributed by atoms with Crippen molar-refractivity contribution < 1.29 is 4.42 Å². The fourth-order valence-electron chi connectivity index (χ4n) is 8.42. The van der Waals surface area contributed by atoms with Crippen molar-refractivity contribution in [2.45, 2.75) is 38.5 Å². The van der Waals surface area contributed by atoms with Crippen LogP contribution in [0.3, 0.4) is 0 Å². The average Bonchev–Trinajstić information content (AvgIpc) is 3.64. The first kappa shape index (κ1) is 33.9. The Balaban J connectivity index is 1.13. The van der Waals surface area contributed by atoms with Crippen LogP contribution in [0.15, 0.2) is 168 Å². The highest BCUT2D eigenvalue weighted by Crippen LogP contribution is 2.44. The maximum absolute atomic E-state index is 6.77. The third kappa shape index (κ3) is 6.27. The van der Waals surface area contributed by atoms with Crippen LogP contribution in [0.2, 0.25) is 0 Å². The van der Waals surface area contributed by atoms with Crippen LogP contribution in [0.1, 0.15) is 54.9 Å². The zero-order valence-electron chi connectivity index (χ0n) is 31.4. The molecule has 0 fully saturated rings. The Morgan fingerprint density at radius 1 is 0.625 bits per heavy atom. The van der Waals surface area contributed by atoms with Crippen LogP contribution in [0.5, 0.6) is 0 Å². The summed E-state index contributed by atoms with van der Waals surface area (Å²) >= 11 is 0. The molecule has 2 heterocycles. The lowest BCUT2D eigenvalue weighted by Gasteiger charge is -2.23. The van der Waals surface area contributed by atoms with Crippen LogP contribution in [0, 0.1) is 5.92 Å². The molecule has 0 radical (unpaired) electrons. The standard InChI is InChI=1S/C52H41N3O/c1-34-26-29-42-41(43-23-15-25-47-48(43)45-24-14-22-40(49(45)56-47)39-28-27-35-16-12-13-21-38(35)33-39)30-31-44(46(42)32-34)52-54-50(36-17-8-5-3-2-4-6-9-18-36)53-51(55-52)37-19-10-7-11-20-37/h2-5,7,9-19,21-31,33-34,37H,6,8,20,32H2,1H3/b4-2-,5-3-,18-9?,36-17?. The molecule has 2 atom stereocenters. The molecule has 2 aromatic heterocycles. The summed E-state index contributed by atoms with van der Waals surface area (Å²) in [6.07, 6.45) is 31.8. The van der Waals surface area contributed by atoms with E-state index in [0.717, 1.165) is 92.9 Å². The topological polar surface area (TPSA) is 51.8 Å². The van der Waals surface area contributed by atoms with Gasteiger partial charge in [-0.3, -0.25) is 0 Å². The molecule has 4 nitrogen and oxygen atoms in total. The first-order chi connectivity index (χ1) is 27.7. The highest BCUT2D eigenvalue weighted by atomic mass is 16.3. The Hall–Kier alpha value is -6.65. The summed E-state index contributed by atoms with van der Waals surface area (Å²) in [5.74, 6) is 2.72. The van der Waals surface area contributed by atoms with Gasteiger partial charge in [0.1, 0.15) is 17.0 Å². The smallest absolute Gasteiger partial charge is 0.164 e. The second-order valence-corrected chi connectivity index (χ2v) is 15.0. The van der Waals surface area contributed by atoms with Crippen molar-refractivity contribution in [1.29, 1.82) is 0 Å². The Morgan fingerprint density at radius 2 is 1.45 bits per heavy atom. The average molecular weight is 724 g/mol. The minimum Gasteiger partial charge on any atom is -0.455 e. The molecule has 3 aliphatic carbocycles. The van der Waals surface area contributed by atoms with E-state index in [1.807, 2.05) is 0 Å². The summed E-state index contributed by atoms with van der Waals surface area (Å²) in [6, 6.07) is 32.7. The van der Waals surface area contributed by atoms with Crippen LogP contribution in [-0.2, 0) is 6.42 Å². The number of para-hydroxylation sites is 1. The molecule has 5 aromatic carbocycles. The predicted octanol–water partition coefficient (Wildman–Crippen LogP) is 13.6. The summed E-state index contributed by atoms with van der Waals surface area (Å²) in [7, 11) is 0. The van der Waals surface area contributed by atoms with E-state index < -0.39 is 0 Å². The minimum atomic E-state index is 0.0906. The van der Waals surface area contributed by atoms with Crippen LogP contribution in [0.25, 0.3) is 78.0 Å². The first-order valence-corrected chi connectivity index (χ1v) is 19.7. The number of nitrogens with zero attached hydrogens (tertiary/aromatic N) is 3. The van der Waals surface area contributed by atoms with Crippen molar-refractivity contribution in [1.82, 2.24) is 15.0 Å². The van der Waals surface area contributed by atoms with Gasteiger partial charge in [-0.05, 0) is 82.3 Å². The quantitative estimate of drug-likeness (QED) is 0.177. The van der Waals surface area contributed by atoms with E-state index in [-0.39, 0.29) is 5.92 Å². The lowest BCUT2D eigenvalue weighted by molar-refractivity contribution is 0.670. The number of hydrogen-bond acceptors (Lipinski definition) is 4. The fourth-order valence-corrected chi connectivity index (χ4v) is 8.42. The molecule has 2 unspecified atom stereocenters. The summed E-state index contributed by atoms with van der Waals surface area (Å²) in [5.41, 5.74) is 11.0. The normalized spacial score (nSPS) is 19.0. The molecule has 0 N–H and O–H groups in total. The number of fused-ring (bicyclic) bond motifs is 5. The Bertz CT molecular complexity index is 2890. The van der Waals surface area contributed by atoms with Crippen molar-refractivity contribution in [3.63, 3.8) is 0 Å². The molecule has 0 spiro atoms. The molecule has 0 amide bonds.